The third-order valence-corrected chi connectivity index (χ3v) is 3.66. The average molecular weight is 184 g/mol. The monoisotopic (exact) mass is 184 g/mol. The van der Waals surface area contributed by atoms with Gasteiger partial charge in [-0.15, -0.1) is 0 Å². The molecule has 0 N–H and O–H groups in total. The fourth-order valence-electron chi connectivity index (χ4n) is 2.98. The normalized spacial score (nSPS) is 24.9. The Balaban J connectivity index is 2.11. The SMILES string of the molecule is C1=C2CCCC2c2ccccc2CC1. The molecule has 1 aromatic carbocycles. The molecular formula is C14H16. The van der Waals surface area contributed by atoms with Gasteiger partial charge < -0.3 is 0 Å². The fourth-order valence-corrected chi connectivity index (χ4v) is 2.98. The van der Waals surface area contributed by atoms with Gasteiger partial charge in [-0.05, 0) is 43.2 Å². The maximum absolute atomic E-state index is 2.50. The van der Waals surface area contributed by atoms with Crippen LogP contribution in [0, 0.1) is 0 Å². The second-order valence-electron chi connectivity index (χ2n) is 4.46. The van der Waals surface area contributed by atoms with Gasteiger partial charge in [0, 0.05) is 5.92 Å². The molecule has 0 amide bonds. The van der Waals surface area contributed by atoms with E-state index in [9.17, 15) is 0 Å². The van der Waals surface area contributed by atoms with Crippen LogP contribution < -0.4 is 0 Å². The predicted molar refractivity (Wildman–Crippen MR) is 59.4 cm³/mol. The molecule has 1 unspecified atom stereocenters. The smallest absolute Gasteiger partial charge is 0.00509 e. The summed E-state index contributed by atoms with van der Waals surface area (Å²) >= 11 is 0. The van der Waals surface area contributed by atoms with Crippen molar-refractivity contribution >= 4 is 0 Å². The Morgan fingerprint density at radius 3 is 3.00 bits per heavy atom. The molecule has 1 fully saturated rings. The van der Waals surface area contributed by atoms with Crippen molar-refractivity contribution in [3.8, 4) is 0 Å². The number of hydrogen-bond donors (Lipinski definition) is 0. The molecule has 0 aromatic heterocycles. The van der Waals surface area contributed by atoms with Crippen LogP contribution >= 0.6 is 0 Å². The van der Waals surface area contributed by atoms with Crippen LogP contribution in [-0.4, -0.2) is 0 Å². The minimum Gasteiger partial charge on any atom is -0.0844 e. The number of aryl methyl sites for hydroxylation is 1. The van der Waals surface area contributed by atoms with E-state index < -0.39 is 0 Å². The van der Waals surface area contributed by atoms with Crippen molar-refractivity contribution < 1.29 is 0 Å². The van der Waals surface area contributed by atoms with Crippen molar-refractivity contribution in [2.24, 2.45) is 0 Å². The molecule has 0 heterocycles. The van der Waals surface area contributed by atoms with E-state index in [0.717, 1.165) is 5.92 Å². The van der Waals surface area contributed by atoms with Crippen LogP contribution in [0.1, 0.15) is 42.7 Å². The van der Waals surface area contributed by atoms with Gasteiger partial charge in [-0.25, -0.2) is 0 Å². The molecule has 2 aliphatic carbocycles. The zero-order chi connectivity index (χ0) is 9.38. The molecule has 3 rings (SSSR count). The van der Waals surface area contributed by atoms with E-state index in [-0.39, 0.29) is 0 Å². The van der Waals surface area contributed by atoms with E-state index in [1.807, 2.05) is 0 Å². The summed E-state index contributed by atoms with van der Waals surface area (Å²) in [6, 6.07) is 9.02. The third-order valence-electron chi connectivity index (χ3n) is 3.66. The third kappa shape index (κ3) is 1.21. The quantitative estimate of drug-likeness (QED) is 0.538. The van der Waals surface area contributed by atoms with Gasteiger partial charge in [-0.3, -0.25) is 0 Å². The van der Waals surface area contributed by atoms with Gasteiger partial charge in [-0.2, -0.15) is 0 Å². The highest BCUT2D eigenvalue weighted by Gasteiger charge is 2.25. The van der Waals surface area contributed by atoms with Crippen LogP contribution in [-0.2, 0) is 6.42 Å². The molecule has 72 valence electrons. The molecule has 1 aromatic rings. The second kappa shape index (κ2) is 3.27. The predicted octanol–water partition coefficient (Wildman–Crippen LogP) is 3.83. The van der Waals surface area contributed by atoms with E-state index in [2.05, 4.69) is 30.3 Å². The summed E-state index contributed by atoms with van der Waals surface area (Å²) in [5.74, 6) is 0.772. The van der Waals surface area contributed by atoms with Crippen molar-refractivity contribution in [3.63, 3.8) is 0 Å². The first kappa shape index (κ1) is 8.28. The lowest BCUT2D eigenvalue weighted by atomic mass is 9.91. The number of allylic oxidation sites excluding steroid dienone is 2. The van der Waals surface area contributed by atoms with Gasteiger partial charge in [0.2, 0.25) is 0 Å². The molecule has 0 saturated heterocycles. The van der Waals surface area contributed by atoms with Crippen molar-refractivity contribution in [3.05, 3.63) is 47.0 Å². The summed E-state index contributed by atoms with van der Waals surface area (Å²) in [6.07, 6.45) is 9.11. The van der Waals surface area contributed by atoms with E-state index >= 15 is 0 Å². The van der Waals surface area contributed by atoms with Gasteiger partial charge in [0.25, 0.3) is 0 Å². The summed E-state index contributed by atoms with van der Waals surface area (Å²) in [7, 11) is 0. The van der Waals surface area contributed by atoms with Crippen LogP contribution in [0.3, 0.4) is 0 Å². The van der Waals surface area contributed by atoms with Crippen LogP contribution in [0.4, 0.5) is 0 Å². The zero-order valence-electron chi connectivity index (χ0n) is 8.50. The molecule has 14 heavy (non-hydrogen) atoms. The summed E-state index contributed by atoms with van der Waals surface area (Å²) in [5.41, 5.74) is 4.93. The Bertz CT molecular complexity index is 373. The van der Waals surface area contributed by atoms with Gasteiger partial charge in [-0.1, -0.05) is 35.9 Å². The average Bonchev–Trinajstić information content (AvgIpc) is 2.61. The van der Waals surface area contributed by atoms with Crippen molar-refractivity contribution in [1.29, 1.82) is 0 Å². The largest absolute Gasteiger partial charge is 0.0844 e. The summed E-state index contributed by atoms with van der Waals surface area (Å²) in [5, 5.41) is 0. The molecule has 0 bridgehead atoms. The molecule has 1 atom stereocenters. The van der Waals surface area contributed by atoms with E-state index in [1.54, 1.807) is 16.7 Å². The van der Waals surface area contributed by atoms with Crippen molar-refractivity contribution in [2.45, 2.75) is 38.0 Å². The van der Waals surface area contributed by atoms with Crippen LogP contribution in [0.15, 0.2) is 35.9 Å². The molecular weight excluding hydrogens is 168 g/mol. The molecule has 0 aliphatic heterocycles. The van der Waals surface area contributed by atoms with Gasteiger partial charge in [0.15, 0.2) is 0 Å². The van der Waals surface area contributed by atoms with Crippen LogP contribution in [0.5, 0.6) is 0 Å². The summed E-state index contributed by atoms with van der Waals surface area (Å²) in [4.78, 5) is 0. The van der Waals surface area contributed by atoms with Crippen molar-refractivity contribution in [1.82, 2.24) is 0 Å². The molecule has 0 nitrogen and oxygen atoms in total. The number of hydrogen-bond acceptors (Lipinski definition) is 0. The maximum Gasteiger partial charge on any atom is 0.00509 e. The number of rotatable bonds is 0. The fraction of sp³-hybridized carbons (Fsp3) is 0.429. The first-order valence-electron chi connectivity index (χ1n) is 5.72. The Hall–Kier alpha value is -1.04. The topological polar surface area (TPSA) is 0 Å². The number of fused-ring (bicyclic) bond motifs is 3. The molecule has 0 spiro atoms. The lowest BCUT2D eigenvalue weighted by molar-refractivity contribution is 0.786. The summed E-state index contributed by atoms with van der Waals surface area (Å²) < 4.78 is 0. The molecule has 0 radical (unpaired) electrons. The van der Waals surface area contributed by atoms with Crippen LogP contribution in [0.2, 0.25) is 0 Å². The Labute approximate surface area is 85.6 Å². The van der Waals surface area contributed by atoms with Crippen molar-refractivity contribution in [2.75, 3.05) is 0 Å². The van der Waals surface area contributed by atoms with E-state index in [1.165, 1.54) is 32.1 Å². The minimum atomic E-state index is 0.772. The maximum atomic E-state index is 2.50. The number of benzene rings is 1. The highest BCUT2D eigenvalue weighted by molar-refractivity contribution is 5.39. The minimum absolute atomic E-state index is 0.772. The lowest BCUT2D eigenvalue weighted by Gasteiger charge is -2.13. The first-order chi connectivity index (χ1) is 6.95. The molecule has 2 aliphatic rings. The summed E-state index contributed by atoms with van der Waals surface area (Å²) in [6.45, 7) is 0. The van der Waals surface area contributed by atoms with Gasteiger partial charge in [0.1, 0.15) is 0 Å². The van der Waals surface area contributed by atoms with E-state index in [0.29, 0.717) is 0 Å². The van der Waals surface area contributed by atoms with Gasteiger partial charge in [0.05, 0.1) is 0 Å². The zero-order valence-corrected chi connectivity index (χ0v) is 8.50. The lowest BCUT2D eigenvalue weighted by Crippen LogP contribution is -1.97. The molecule has 1 saturated carbocycles. The van der Waals surface area contributed by atoms with E-state index in [4.69, 9.17) is 0 Å². The Kier molecular flexibility index (Phi) is 1.93. The highest BCUT2D eigenvalue weighted by Crippen LogP contribution is 2.42. The first-order valence-corrected chi connectivity index (χ1v) is 5.72. The Morgan fingerprint density at radius 1 is 1.07 bits per heavy atom. The highest BCUT2D eigenvalue weighted by atomic mass is 14.3. The second-order valence-corrected chi connectivity index (χ2v) is 4.46. The standard InChI is InChI=1S/C14H16/c1-2-9-13-11(5-1)6-3-7-12-8-4-10-14(12)13/h1-2,5,7,9,14H,3-4,6,8,10H2. The van der Waals surface area contributed by atoms with Gasteiger partial charge >= 0.3 is 0 Å². The van der Waals surface area contributed by atoms with Crippen LogP contribution in [0.25, 0.3) is 0 Å². The molecule has 0 heteroatoms. The Morgan fingerprint density at radius 2 is 2.00 bits per heavy atom.